The second kappa shape index (κ2) is 11.2. The van der Waals surface area contributed by atoms with Crippen LogP contribution in [0.5, 0.6) is 0 Å². The Morgan fingerprint density at radius 3 is 2.06 bits per heavy atom. The number of thiophene rings is 1. The molecule has 0 radical (unpaired) electrons. The molecule has 1 aliphatic rings. The van der Waals surface area contributed by atoms with Crippen molar-refractivity contribution in [3.63, 3.8) is 0 Å². The Bertz CT molecular complexity index is 3030. The number of fused-ring (bicyclic) bond motifs is 10. The van der Waals surface area contributed by atoms with Gasteiger partial charge in [-0.25, -0.2) is 24.9 Å². The van der Waals surface area contributed by atoms with E-state index in [4.69, 9.17) is 19.9 Å². The first-order valence-electron chi connectivity index (χ1n) is 17.7. The summed E-state index contributed by atoms with van der Waals surface area (Å²) in [7, 11) is 0. The molecule has 0 atom stereocenters. The van der Waals surface area contributed by atoms with Crippen LogP contribution in [-0.2, 0) is 5.41 Å². The monoisotopic (exact) mass is 698 g/mol. The lowest BCUT2D eigenvalue weighted by molar-refractivity contribution is 0.666. The largest absolute Gasteiger partial charge is 0.306 e. The topological polar surface area (TPSA) is 69.4 Å². The van der Waals surface area contributed by atoms with E-state index in [1.54, 1.807) is 17.7 Å². The molecule has 6 nitrogen and oxygen atoms in total. The van der Waals surface area contributed by atoms with Crippen molar-refractivity contribution in [1.29, 1.82) is 0 Å². The minimum atomic E-state index is -0.171. The molecule has 0 amide bonds. The predicted molar refractivity (Wildman–Crippen MR) is 217 cm³/mol. The van der Waals surface area contributed by atoms with Crippen molar-refractivity contribution in [1.82, 2.24) is 29.5 Å². The third kappa shape index (κ3) is 4.41. The summed E-state index contributed by atoms with van der Waals surface area (Å²) in [5.41, 5.74) is 12.2. The van der Waals surface area contributed by atoms with E-state index in [0.717, 1.165) is 43.6 Å². The van der Waals surface area contributed by atoms with Gasteiger partial charge < -0.3 is 4.57 Å². The maximum Gasteiger partial charge on any atom is 0.165 e. The lowest BCUT2D eigenvalue weighted by atomic mass is 9.81. The predicted octanol–water partition coefficient (Wildman–Crippen LogP) is 11.4. The van der Waals surface area contributed by atoms with Gasteiger partial charge in [0, 0.05) is 53.4 Å². The average molecular weight is 699 g/mol. The third-order valence-corrected chi connectivity index (χ3v) is 12.0. The van der Waals surface area contributed by atoms with E-state index in [1.807, 2.05) is 66.9 Å². The second-order valence-electron chi connectivity index (χ2n) is 14.1. The number of rotatable bonds is 4. The first-order chi connectivity index (χ1) is 26.0. The molecule has 0 bridgehead atoms. The summed E-state index contributed by atoms with van der Waals surface area (Å²) >= 11 is 1.77. The second-order valence-corrected chi connectivity index (χ2v) is 15.2. The lowest BCUT2D eigenvalue weighted by Gasteiger charge is -2.22. The summed E-state index contributed by atoms with van der Waals surface area (Å²) in [5.74, 6) is 1.97. The van der Waals surface area contributed by atoms with Crippen molar-refractivity contribution in [3.8, 4) is 51.0 Å². The van der Waals surface area contributed by atoms with Crippen LogP contribution in [0.2, 0.25) is 0 Å². The van der Waals surface area contributed by atoms with E-state index in [1.165, 1.54) is 43.1 Å². The zero-order valence-electron chi connectivity index (χ0n) is 28.9. The fraction of sp³-hybridized carbons (Fsp3) is 0.0652. The van der Waals surface area contributed by atoms with Gasteiger partial charge in [-0.3, -0.25) is 0 Å². The maximum atomic E-state index is 5.07. The molecule has 0 unspecified atom stereocenters. The zero-order chi connectivity index (χ0) is 35.3. The van der Waals surface area contributed by atoms with Gasteiger partial charge in [0.05, 0.1) is 17.2 Å². The van der Waals surface area contributed by atoms with Gasteiger partial charge in [0.25, 0.3) is 0 Å². The summed E-state index contributed by atoms with van der Waals surface area (Å²) in [5, 5.41) is 3.55. The Hall–Kier alpha value is -6.57. The van der Waals surface area contributed by atoms with Gasteiger partial charge >= 0.3 is 0 Å². The molecule has 4 aromatic heterocycles. The fourth-order valence-electron chi connectivity index (χ4n) is 8.41. The molecule has 0 saturated carbocycles. The van der Waals surface area contributed by atoms with Gasteiger partial charge in [-0.2, -0.15) is 0 Å². The number of nitrogens with zero attached hydrogens (tertiary/aromatic N) is 6. The van der Waals surface area contributed by atoms with Crippen molar-refractivity contribution in [2.24, 2.45) is 0 Å². The van der Waals surface area contributed by atoms with E-state index in [0.29, 0.717) is 17.5 Å². The highest BCUT2D eigenvalue weighted by Gasteiger charge is 2.38. The number of aromatic nitrogens is 6. The van der Waals surface area contributed by atoms with Gasteiger partial charge in [0.1, 0.15) is 11.8 Å². The molecule has 0 saturated heterocycles. The van der Waals surface area contributed by atoms with Crippen molar-refractivity contribution in [2.75, 3.05) is 0 Å². The van der Waals surface area contributed by atoms with Crippen LogP contribution in [0.4, 0.5) is 0 Å². The summed E-state index contributed by atoms with van der Waals surface area (Å²) in [6.07, 6.45) is 3.62. The summed E-state index contributed by atoms with van der Waals surface area (Å²) in [6, 6.07) is 46.8. The molecule has 7 heteroatoms. The van der Waals surface area contributed by atoms with Crippen LogP contribution in [-0.4, -0.2) is 29.5 Å². The smallest absolute Gasteiger partial charge is 0.165 e. The molecule has 1 aliphatic carbocycles. The van der Waals surface area contributed by atoms with Crippen molar-refractivity contribution < 1.29 is 0 Å². The van der Waals surface area contributed by atoms with Gasteiger partial charge in [0.15, 0.2) is 17.5 Å². The minimum absolute atomic E-state index is 0.171. The van der Waals surface area contributed by atoms with Crippen molar-refractivity contribution in [2.45, 2.75) is 19.3 Å². The van der Waals surface area contributed by atoms with Crippen LogP contribution in [0.25, 0.3) is 93.1 Å². The van der Waals surface area contributed by atoms with Gasteiger partial charge in [-0.15, -0.1) is 11.3 Å². The Morgan fingerprint density at radius 2 is 1.28 bits per heavy atom. The molecule has 0 N–H and O–H groups in total. The summed E-state index contributed by atoms with van der Waals surface area (Å²) in [4.78, 5) is 24.5. The van der Waals surface area contributed by atoms with Crippen LogP contribution in [0.3, 0.4) is 0 Å². The standard InChI is InChI=1S/C46H30N6S/c1-46(2)35-19-10-9-16-30(35)31-21-22-36-39(40(31)46)41-37(25-47-26-48-41)52(36)29-20-23-38-34(24-29)32-17-11-18-33(42(32)53-38)45-50-43(27-12-5-3-6-13-27)49-44(51-45)28-14-7-4-8-15-28/h3-26H,1-2H3. The normalized spacial score (nSPS) is 13.2. The van der Waals surface area contributed by atoms with Crippen molar-refractivity contribution >= 4 is 53.4 Å². The molecule has 10 aromatic rings. The van der Waals surface area contributed by atoms with E-state index in [2.05, 4.69) is 96.2 Å². The van der Waals surface area contributed by atoms with E-state index >= 15 is 0 Å². The quantitative estimate of drug-likeness (QED) is 0.183. The number of benzene rings is 6. The molecule has 0 aliphatic heterocycles. The Morgan fingerprint density at radius 1 is 0.585 bits per heavy atom. The molecule has 53 heavy (non-hydrogen) atoms. The van der Waals surface area contributed by atoms with Crippen LogP contribution in [0.15, 0.2) is 146 Å². The highest BCUT2D eigenvalue weighted by Crippen LogP contribution is 2.53. The molecule has 0 spiro atoms. The summed E-state index contributed by atoms with van der Waals surface area (Å²) < 4.78 is 4.68. The Balaban J connectivity index is 1.12. The first-order valence-corrected chi connectivity index (χ1v) is 18.6. The third-order valence-electron chi connectivity index (χ3n) is 10.8. The van der Waals surface area contributed by atoms with Crippen LogP contribution in [0, 0.1) is 0 Å². The van der Waals surface area contributed by atoms with Crippen LogP contribution in [0.1, 0.15) is 25.0 Å². The van der Waals surface area contributed by atoms with Gasteiger partial charge in [-0.1, -0.05) is 117 Å². The highest BCUT2D eigenvalue weighted by atomic mass is 32.1. The van der Waals surface area contributed by atoms with E-state index in [9.17, 15) is 0 Å². The minimum Gasteiger partial charge on any atom is -0.306 e. The molecule has 0 fully saturated rings. The van der Waals surface area contributed by atoms with E-state index in [-0.39, 0.29) is 5.41 Å². The zero-order valence-corrected chi connectivity index (χ0v) is 29.8. The number of hydrogen-bond acceptors (Lipinski definition) is 6. The van der Waals surface area contributed by atoms with Crippen molar-refractivity contribution in [3.05, 3.63) is 157 Å². The molecule has 250 valence electrons. The van der Waals surface area contributed by atoms with Gasteiger partial charge in [0.2, 0.25) is 0 Å². The molecular formula is C46H30N6S. The Kier molecular flexibility index (Phi) is 6.37. The first kappa shape index (κ1) is 30.1. The maximum absolute atomic E-state index is 5.07. The Labute approximate surface area is 309 Å². The lowest BCUT2D eigenvalue weighted by Crippen LogP contribution is -2.15. The average Bonchev–Trinajstić information content (AvgIpc) is 3.83. The molecule has 11 rings (SSSR count). The van der Waals surface area contributed by atoms with Gasteiger partial charge in [-0.05, 0) is 52.6 Å². The number of hydrogen-bond donors (Lipinski definition) is 0. The molecule has 6 aromatic carbocycles. The molecule has 4 heterocycles. The molecular weight excluding hydrogens is 669 g/mol. The SMILES string of the molecule is CC1(C)c2ccccc2-c2ccc3c(c21)c1ncncc1n3-c1ccc2sc3c(-c4nc(-c5ccccc5)nc(-c5ccccc5)n4)cccc3c2c1. The summed E-state index contributed by atoms with van der Waals surface area (Å²) in [6.45, 7) is 4.67. The highest BCUT2D eigenvalue weighted by molar-refractivity contribution is 7.26. The van der Waals surface area contributed by atoms with Crippen LogP contribution >= 0.6 is 11.3 Å². The van der Waals surface area contributed by atoms with Crippen LogP contribution < -0.4 is 0 Å². The van der Waals surface area contributed by atoms with E-state index < -0.39 is 0 Å². The fourth-order valence-corrected chi connectivity index (χ4v) is 9.60.